The zero-order valence-electron chi connectivity index (χ0n) is 6.60. The monoisotopic (exact) mass is 232 g/mol. The maximum Gasteiger partial charge on any atom is 1.00 e. The third kappa shape index (κ3) is 3.55. The molecule has 0 aliphatic heterocycles. The fourth-order valence-electron chi connectivity index (χ4n) is 0.200. The van der Waals surface area contributed by atoms with Crippen molar-refractivity contribution in [1.29, 1.82) is 0 Å². The molecule has 0 spiro atoms. The smallest absolute Gasteiger partial charge is 1.00 e. The molecule has 0 unspecified atom stereocenters. The molecular formula is C4H6BrF4Na. The summed E-state index contributed by atoms with van der Waals surface area (Å²) in [5.41, 5.74) is 0. The maximum atomic E-state index is 11.9. The molecule has 6 heteroatoms. The third-order valence-electron chi connectivity index (χ3n) is 0.859. The minimum atomic E-state index is -4.07. The van der Waals surface area contributed by atoms with E-state index in [0.29, 0.717) is 0 Å². The standard InChI is InChI=1S/C4H5BrF4.Na.H/c1-2-3(6,7)4(5,8)9;;/h2H2,1H3;;/q;+1;-1. The molecular weight excluding hydrogens is 227 g/mol. The molecule has 0 aromatic heterocycles. The van der Waals surface area contributed by atoms with Crippen molar-refractivity contribution in [3.8, 4) is 0 Å². The predicted octanol–water partition coefficient (Wildman–Crippen LogP) is 0.136. The summed E-state index contributed by atoms with van der Waals surface area (Å²) in [4.78, 5) is -4.07. The summed E-state index contributed by atoms with van der Waals surface area (Å²) < 4.78 is 47.1. The molecule has 0 heterocycles. The molecule has 0 aliphatic rings. The Morgan fingerprint density at radius 1 is 1.30 bits per heavy atom. The van der Waals surface area contributed by atoms with Crippen LogP contribution in [0.3, 0.4) is 0 Å². The SMILES string of the molecule is CCC(F)(F)C(F)(F)Br.[H-].[Na+]. The Kier molecular flexibility index (Phi) is 5.89. The summed E-state index contributed by atoms with van der Waals surface area (Å²) in [6.07, 6.45) is -0.870. The zero-order chi connectivity index (χ0) is 7.71. The van der Waals surface area contributed by atoms with Crippen LogP contribution in [0.5, 0.6) is 0 Å². The normalized spacial score (nSPS) is 12.6. The van der Waals surface area contributed by atoms with E-state index in [1.165, 1.54) is 0 Å². The molecule has 0 N–H and O–H groups in total. The molecule has 58 valence electrons. The van der Waals surface area contributed by atoms with Crippen LogP contribution in [0.1, 0.15) is 14.8 Å². The molecule has 0 atom stereocenters. The second kappa shape index (κ2) is 4.28. The van der Waals surface area contributed by atoms with Gasteiger partial charge in [0, 0.05) is 6.42 Å². The van der Waals surface area contributed by atoms with Crippen molar-refractivity contribution in [1.82, 2.24) is 0 Å². The van der Waals surface area contributed by atoms with E-state index >= 15 is 0 Å². The predicted molar refractivity (Wildman–Crippen MR) is 30.2 cm³/mol. The van der Waals surface area contributed by atoms with E-state index < -0.39 is 17.2 Å². The summed E-state index contributed by atoms with van der Waals surface area (Å²) in [6.45, 7) is 0.995. The van der Waals surface area contributed by atoms with Gasteiger partial charge in [-0.25, -0.2) is 0 Å². The Morgan fingerprint density at radius 3 is 1.60 bits per heavy atom. The number of hydrogen-bond acceptors (Lipinski definition) is 0. The molecule has 0 aliphatic carbocycles. The van der Waals surface area contributed by atoms with Gasteiger partial charge in [0.25, 0.3) is 0 Å². The Bertz CT molecular complexity index is 105. The van der Waals surface area contributed by atoms with E-state index in [1.807, 2.05) is 0 Å². The number of alkyl halides is 5. The molecule has 0 rings (SSSR count). The van der Waals surface area contributed by atoms with Gasteiger partial charge in [-0.1, -0.05) is 6.92 Å². The molecule has 0 nitrogen and oxygen atoms in total. The van der Waals surface area contributed by atoms with Crippen molar-refractivity contribution < 1.29 is 48.5 Å². The van der Waals surface area contributed by atoms with Gasteiger partial charge in [0.15, 0.2) is 0 Å². The van der Waals surface area contributed by atoms with Gasteiger partial charge in [-0.05, 0) is 15.9 Å². The molecule has 10 heavy (non-hydrogen) atoms. The number of halogens is 5. The van der Waals surface area contributed by atoms with E-state index in [-0.39, 0.29) is 31.0 Å². The number of rotatable bonds is 2. The first-order chi connectivity index (χ1) is 3.81. The third-order valence-corrected chi connectivity index (χ3v) is 1.44. The average molecular weight is 233 g/mol. The van der Waals surface area contributed by atoms with Crippen molar-refractivity contribution in [2.45, 2.75) is 24.1 Å². The molecule has 0 bridgehead atoms. The van der Waals surface area contributed by atoms with Gasteiger partial charge >= 0.3 is 40.3 Å². The topological polar surface area (TPSA) is 0 Å². The van der Waals surface area contributed by atoms with Gasteiger partial charge in [-0.3, -0.25) is 0 Å². The van der Waals surface area contributed by atoms with E-state index in [4.69, 9.17) is 0 Å². The Hall–Kier alpha value is 1.20. The van der Waals surface area contributed by atoms with E-state index in [9.17, 15) is 17.6 Å². The van der Waals surface area contributed by atoms with Gasteiger partial charge in [-0.15, -0.1) is 0 Å². The van der Waals surface area contributed by atoms with E-state index in [0.717, 1.165) is 6.92 Å². The van der Waals surface area contributed by atoms with Crippen molar-refractivity contribution in [2.75, 3.05) is 0 Å². The van der Waals surface area contributed by atoms with Gasteiger partial charge in [0.05, 0.1) is 0 Å². The van der Waals surface area contributed by atoms with Crippen LogP contribution in [0.4, 0.5) is 17.6 Å². The molecule has 0 amide bonds. The van der Waals surface area contributed by atoms with Crippen molar-refractivity contribution in [3.63, 3.8) is 0 Å². The fraction of sp³-hybridized carbons (Fsp3) is 1.00. The maximum absolute atomic E-state index is 11.9. The Labute approximate surface area is 88.3 Å². The molecule has 0 saturated carbocycles. The molecule has 0 saturated heterocycles. The van der Waals surface area contributed by atoms with Gasteiger partial charge < -0.3 is 1.43 Å². The summed E-state index contributed by atoms with van der Waals surface area (Å²) in [5.74, 6) is -3.94. The molecule has 0 aromatic carbocycles. The van der Waals surface area contributed by atoms with Crippen LogP contribution < -0.4 is 29.6 Å². The first-order valence-corrected chi connectivity index (χ1v) is 3.05. The molecule has 0 radical (unpaired) electrons. The minimum Gasteiger partial charge on any atom is -1.00 e. The summed E-state index contributed by atoms with van der Waals surface area (Å²) in [7, 11) is 0. The van der Waals surface area contributed by atoms with Gasteiger partial charge in [0.2, 0.25) is 0 Å². The Balaban J connectivity index is -0.000000320. The largest absolute Gasteiger partial charge is 1.00 e. The first kappa shape index (κ1) is 13.8. The van der Waals surface area contributed by atoms with Gasteiger partial charge in [-0.2, -0.15) is 17.6 Å². The van der Waals surface area contributed by atoms with Crippen molar-refractivity contribution >= 4 is 15.9 Å². The van der Waals surface area contributed by atoms with Crippen LogP contribution in [-0.4, -0.2) is 10.8 Å². The molecule has 0 fully saturated rings. The average Bonchev–Trinajstić information content (AvgIpc) is 1.64. The second-order valence-electron chi connectivity index (χ2n) is 1.56. The second-order valence-corrected chi connectivity index (χ2v) is 2.55. The van der Waals surface area contributed by atoms with Crippen LogP contribution in [0.2, 0.25) is 0 Å². The Morgan fingerprint density at radius 2 is 1.60 bits per heavy atom. The van der Waals surface area contributed by atoms with Crippen molar-refractivity contribution in [2.24, 2.45) is 0 Å². The van der Waals surface area contributed by atoms with Crippen LogP contribution in [0.15, 0.2) is 0 Å². The van der Waals surface area contributed by atoms with Crippen LogP contribution in [-0.2, 0) is 0 Å². The van der Waals surface area contributed by atoms with Crippen LogP contribution in [0, 0.1) is 0 Å². The summed E-state index contributed by atoms with van der Waals surface area (Å²) in [5, 5.41) is 0. The zero-order valence-corrected chi connectivity index (χ0v) is 9.18. The number of hydrogen-bond donors (Lipinski definition) is 0. The first-order valence-electron chi connectivity index (χ1n) is 2.26. The minimum absolute atomic E-state index is 0. The van der Waals surface area contributed by atoms with E-state index in [2.05, 4.69) is 0 Å². The fourth-order valence-corrected chi connectivity index (χ4v) is 0.481. The summed E-state index contributed by atoms with van der Waals surface area (Å²) in [6, 6.07) is 0. The van der Waals surface area contributed by atoms with Gasteiger partial charge in [0.1, 0.15) is 0 Å². The van der Waals surface area contributed by atoms with E-state index in [1.54, 1.807) is 15.9 Å². The quantitative estimate of drug-likeness (QED) is 0.361. The van der Waals surface area contributed by atoms with Crippen LogP contribution in [0.25, 0.3) is 0 Å². The summed E-state index contributed by atoms with van der Waals surface area (Å²) >= 11 is 1.58. The molecule has 0 aromatic rings. The van der Waals surface area contributed by atoms with Crippen molar-refractivity contribution in [3.05, 3.63) is 0 Å². The van der Waals surface area contributed by atoms with Crippen LogP contribution >= 0.6 is 15.9 Å².